The lowest BCUT2D eigenvalue weighted by molar-refractivity contribution is 0.464. The number of aromatic nitrogens is 1. The van der Waals surface area contributed by atoms with E-state index in [1.807, 2.05) is 24.3 Å². The smallest absolute Gasteiger partial charge is 0.141 e. The van der Waals surface area contributed by atoms with Gasteiger partial charge in [0, 0.05) is 11.1 Å². The first-order valence-electron chi connectivity index (χ1n) is 6.66. The summed E-state index contributed by atoms with van der Waals surface area (Å²) >= 11 is 6.02. The van der Waals surface area contributed by atoms with Gasteiger partial charge in [0.25, 0.3) is 0 Å². The van der Waals surface area contributed by atoms with Crippen LogP contribution in [0.25, 0.3) is 0 Å². The van der Waals surface area contributed by atoms with Crippen LogP contribution in [0.3, 0.4) is 0 Å². The summed E-state index contributed by atoms with van der Waals surface area (Å²) in [7, 11) is 0. The van der Waals surface area contributed by atoms with Crippen molar-refractivity contribution in [1.82, 2.24) is 10.3 Å². The van der Waals surface area contributed by atoms with E-state index in [1.54, 1.807) is 6.07 Å². The molecule has 1 heterocycles. The Bertz CT molecular complexity index is 555. The topological polar surface area (TPSA) is 24.9 Å². The molecule has 20 heavy (non-hydrogen) atoms. The van der Waals surface area contributed by atoms with Crippen LogP contribution in [0, 0.1) is 5.82 Å². The molecule has 2 rings (SSSR count). The first-order valence-corrected chi connectivity index (χ1v) is 7.04. The molecule has 0 spiro atoms. The standard InChI is InChI=1S/C16H18ClFN2/c1-11(2)20-16(15-7-6-14(18)10-19-15)9-12-4-3-5-13(17)8-12/h3-8,10-11,16,20H,9H2,1-2H3. The van der Waals surface area contributed by atoms with E-state index in [9.17, 15) is 4.39 Å². The number of nitrogens with one attached hydrogen (secondary N) is 1. The first-order chi connectivity index (χ1) is 9.54. The molecule has 0 aliphatic carbocycles. The van der Waals surface area contributed by atoms with Gasteiger partial charge in [-0.3, -0.25) is 4.98 Å². The predicted molar refractivity (Wildman–Crippen MR) is 80.4 cm³/mol. The summed E-state index contributed by atoms with van der Waals surface area (Å²) < 4.78 is 13.0. The van der Waals surface area contributed by atoms with Crippen molar-refractivity contribution in [3.05, 3.63) is 64.7 Å². The third-order valence-electron chi connectivity index (χ3n) is 2.97. The number of nitrogens with zero attached hydrogens (tertiary/aromatic N) is 1. The SMILES string of the molecule is CC(C)NC(Cc1cccc(Cl)c1)c1ccc(F)cn1. The summed E-state index contributed by atoms with van der Waals surface area (Å²) in [5, 5.41) is 4.18. The fourth-order valence-electron chi connectivity index (χ4n) is 2.14. The molecule has 106 valence electrons. The number of halogens is 2. The maximum atomic E-state index is 13.0. The number of benzene rings is 1. The molecule has 0 radical (unpaired) electrons. The Morgan fingerprint density at radius 1 is 1.25 bits per heavy atom. The summed E-state index contributed by atoms with van der Waals surface area (Å²) in [5.74, 6) is -0.320. The normalized spacial score (nSPS) is 12.7. The maximum Gasteiger partial charge on any atom is 0.141 e. The van der Waals surface area contributed by atoms with Crippen LogP contribution in [0.4, 0.5) is 4.39 Å². The molecular weight excluding hydrogens is 275 g/mol. The lowest BCUT2D eigenvalue weighted by Gasteiger charge is -2.21. The van der Waals surface area contributed by atoms with Crippen molar-refractivity contribution in [2.75, 3.05) is 0 Å². The molecular formula is C16H18ClFN2. The second kappa shape index (κ2) is 6.82. The van der Waals surface area contributed by atoms with Gasteiger partial charge in [-0.2, -0.15) is 0 Å². The summed E-state index contributed by atoms with van der Waals surface area (Å²) in [4.78, 5) is 4.18. The molecule has 1 aromatic heterocycles. The minimum atomic E-state index is -0.320. The Balaban J connectivity index is 2.21. The van der Waals surface area contributed by atoms with Crippen LogP contribution in [0.1, 0.15) is 31.1 Å². The molecule has 0 bridgehead atoms. The first kappa shape index (κ1) is 14.9. The molecule has 0 fully saturated rings. The summed E-state index contributed by atoms with van der Waals surface area (Å²) in [6.07, 6.45) is 2.01. The fourth-order valence-corrected chi connectivity index (χ4v) is 2.36. The summed E-state index contributed by atoms with van der Waals surface area (Å²) in [6, 6.07) is 11.3. The number of pyridine rings is 1. The Morgan fingerprint density at radius 2 is 2.05 bits per heavy atom. The van der Waals surface area contributed by atoms with Crippen molar-refractivity contribution < 1.29 is 4.39 Å². The van der Waals surface area contributed by atoms with Crippen molar-refractivity contribution >= 4 is 11.6 Å². The highest BCUT2D eigenvalue weighted by atomic mass is 35.5. The Kier molecular flexibility index (Phi) is 5.10. The zero-order valence-electron chi connectivity index (χ0n) is 11.6. The highest BCUT2D eigenvalue weighted by Crippen LogP contribution is 2.20. The van der Waals surface area contributed by atoms with Gasteiger partial charge in [-0.15, -0.1) is 0 Å². The van der Waals surface area contributed by atoms with E-state index in [0.717, 1.165) is 22.7 Å². The molecule has 0 saturated carbocycles. The van der Waals surface area contributed by atoms with Gasteiger partial charge in [0.15, 0.2) is 0 Å². The average Bonchev–Trinajstić information content (AvgIpc) is 2.38. The Labute approximate surface area is 124 Å². The van der Waals surface area contributed by atoms with E-state index in [2.05, 4.69) is 24.1 Å². The molecule has 1 aromatic carbocycles. The molecule has 1 N–H and O–H groups in total. The molecule has 0 amide bonds. The van der Waals surface area contributed by atoms with Crippen molar-refractivity contribution in [2.24, 2.45) is 0 Å². The van der Waals surface area contributed by atoms with Crippen LogP contribution < -0.4 is 5.32 Å². The van der Waals surface area contributed by atoms with E-state index >= 15 is 0 Å². The van der Waals surface area contributed by atoms with Gasteiger partial charge >= 0.3 is 0 Å². The van der Waals surface area contributed by atoms with Gasteiger partial charge in [-0.1, -0.05) is 37.6 Å². The quantitative estimate of drug-likeness (QED) is 0.895. The second-order valence-corrected chi connectivity index (χ2v) is 5.55. The Morgan fingerprint density at radius 3 is 2.65 bits per heavy atom. The zero-order valence-corrected chi connectivity index (χ0v) is 12.4. The number of rotatable bonds is 5. The summed E-state index contributed by atoms with van der Waals surface area (Å²) in [6.45, 7) is 4.16. The average molecular weight is 293 g/mol. The van der Waals surface area contributed by atoms with E-state index in [-0.39, 0.29) is 11.9 Å². The molecule has 1 atom stereocenters. The van der Waals surface area contributed by atoms with E-state index < -0.39 is 0 Å². The monoisotopic (exact) mass is 292 g/mol. The maximum absolute atomic E-state index is 13.0. The largest absolute Gasteiger partial charge is 0.306 e. The van der Waals surface area contributed by atoms with Crippen LogP contribution in [-0.4, -0.2) is 11.0 Å². The minimum absolute atomic E-state index is 0.0362. The molecule has 0 saturated heterocycles. The van der Waals surface area contributed by atoms with Crippen molar-refractivity contribution in [2.45, 2.75) is 32.4 Å². The van der Waals surface area contributed by atoms with Crippen LogP contribution >= 0.6 is 11.6 Å². The van der Waals surface area contributed by atoms with E-state index in [0.29, 0.717) is 6.04 Å². The fraction of sp³-hybridized carbons (Fsp3) is 0.312. The zero-order chi connectivity index (χ0) is 14.5. The van der Waals surface area contributed by atoms with Crippen molar-refractivity contribution in [3.8, 4) is 0 Å². The lowest BCUT2D eigenvalue weighted by Crippen LogP contribution is -2.30. The van der Waals surface area contributed by atoms with Gasteiger partial charge in [-0.05, 0) is 36.2 Å². The van der Waals surface area contributed by atoms with E-state index in [1.165, 1.54) is 12.3 Å². The van der Waals surface area contributed by atoms with Crippen molar-refractivity contribution in [3.63, 3.8) is 0 Å². The van der Waals surface area contributed by atoms with Gasteiger partial charge in [0.1, 0.15) is 5.82 Å². The van der Waals surface area contributed by atoms with Crippen LogP contribution in [0.5, 0.6) is 0 Å². The third-order valence-corrected chi connectivity index (χ3v) is 3.21. The number of hydrogen-bond donors (Lipinski definition) is 1. The van der Waals surface area contributed by atoms with Gasteiger partial charge in [0.2, 0.25) is 0 Å². The summed E-state index contributed by atoms with van der Waals surface area (Å²) in [5.41, 5.74) is 1.96. The highest BCUT2D eigenvalue weighted by molar-refractivity contribution is 6.30. The van der Waals surface area contributed by atoms with Gasteiger partial charge < -0.3 is 5.32 Å². The molecule has 2 nitrogen and oxygen atoms in total. The number of hydrogen-bond acceptors (Lipinski definition) is 2. The Hall–Kier alpha value is -1.45. The third kappa shape index (κ3) is 4.29. The van der Waals surface area contributed by atoms with E-state index in [4.69, 9.17) is 11.6 Å². The molecule has 0 aliphatic heterocycles. The molecule has 4 heteroatoms. The van der Waals surface area contributed by atoms with Crippen LogP contribution in [-0.2, 0) is 6.42 Å². The lowest BCUT2D eigenvalue weighted by atomic mass is 10.0. The van der Waals surface area contributed by atoms with Gasteiger partial charge in [0.05, 0.1) is 17.9 Å². The molecule has 2 aromatic rings. The molecule has 0 aliphatic rings. The second-order valence-electron chi connectivity index (χ2n) is 5.11. The minimum Gasteiger partial charge on any atom is -0.306 e. The van der Waals surface area contributed by atoms with Crippen molar-refractivity contribution in [1.29, 1.82) is 0 Å². The predicted octanol–water partition coefficient (Wildman–Crippen LogP) is 4.16. The molecule has 1 unspecified atom stereocenters. The van der Waals surface area contributed by atoms with Gasteiger partial charge in [-0.25, -0.2) is 4.39 Å². The van der Waals surface area contributed by atoms with Crippen LogP contribution in [0.15, 0.2) is 42.6 Å². The highest BCUT2D eigenvalue weighted by Gasteiger charge is 2.15. The van der Waals surface area contributed by atoms with Crippen LogP contribution in [0.2, 0.25) is 5.02 Å².